The van der Waals surface area contributed by atoms with E-state index >= 15 is 0 Å². The van der Waals surface area contributed by atoms with E-state index in [4.69, 9.17) is 0 Å². The number of halogens is 1. The molecule has 1 fully saturated rings. The molecule has 1 aliphatic carbocycles. The van der Waals surface area contributed by atoms with Crippen molar-refractivity contribution in [3.05, 3.63) is 28.2 Å². The smallest absolute Gasteiger partial charge is 0.0426 e. The average molecular weight is 353 g/mol. The first-order valence-corrected chi connectivity index (χ1v) is 9.22. The molecule has 1 aromatic carbocycles. The summed E-state index contributed by atoms with van der Waals surface area (Å²) in [6.07, 6.45) is 5.20. The zero-order chi connectivity index (χ0) is 15.2. The number of hydrogen-bond donors (Lipinski definition) is 1. The predicted molar refractivity (Wildman–Crippen MR) is 96.1 cm³/mol. The van der Waals surface area contributed by atoms with Crippen LogP contribution in [-0.4, -0.2) is 19.6 Å². The van der Waals surface area contributed by atoms with Gasteiger partial charge in [0.15, 0.2) is 0 Å². The third kappa shape index (κ3) is 5.00. The maximum absolute atomic E-state index is 3.65. The first-order chi connectivity index (χ1) is 10.2. The molecule has 1 aliphatic rings. The molecule has 0 spiro atoms. The van der Waals surface area contributed by atoms with E-state index in [-0.39, 0.29) is 0 Å². The number of nitrogens with one attached hydrogen (secondary N) is 1. The van der Waals surface area contributed by atoms with Crippen LogP contribution in [0.5, 0.6) is 0 Å². The Bertz CT molecular complexity index is 443. The molecule has 1 saturated carbocycles. The van der Waals surface area contributed by atoms with Gasteiger partial charge < -0.3 is 10.2 Å². The molecule has 1 aromatic rings. The maximum Gasteiger partial charge on any atom is 0.0426 e. The summed E-state index contributed by atoms with van der Waals surface area (Å²) in [6.45, 7) is 10.2. The third-order valence-corrected chi connectivity index (χ3v) is 4.66. The Labute approximate surface area is 138 Å². The van der Waals surface area contributed by atoms with Crippen LogP contribution in [0.1, 0.15) is 58.1 Å². The van der Waals surface area contributed by atoms with Crippen molar-refractivity contribution in [2.24, 2.45) is 5.92 Å². The van der Waals surface area contributed by atoms with Crippen molar-refractivity contribution in [2.45, 2.75) is 52.5 Å². The Morgan fingerprint density at radius 2 is 2.05 bits per heavy atom. The number of anilines is 1. The van der Waals surface area contributed by atoms with Gasteiger partial charge in [0.05, 0.1) is 0 Å². The lowest BCUT2D eigenvalue weighted by Crippen LogP contribution is -2.29. The lowest BCUT2D eigenvalue weighted by molar-refractivity contribution is 0.567. The van der Waals surface area contributed by atoms with Crippen LogP contribution in [0.2, 0.25) is 0 Å². The van der Waals surface area contributed by atoms with Gasteiger partial charge in [0, 0.05) is 29.3 Å². The second-order valence-corrected chi connectivity index (χ2v) is 7.18. The minimum absolute atomic E-state index is 0.409. The lowest BCUT2D eigenvalue weighted by atomic mass is 10.0. The van der Waals surface area contributed by atoms with E-state index in [0.29, 0.717) is 6.04 Å². The van der Waals surface area contributed by atoms with E-state index in [9.17, 15) is 0 Å². The van der Waals surface area contributed by atoms with Crippen molar-refractivity contribution in [1.29, 1.82) is 0 Å². The Kier molecular flexibility index (Phi) is 6.56. The van der Waals surface area contributed by atoms with Crippen LogP contribution in [0.15, 0.2) is 22.7 Å². The van der Waals surface area contributed by atoms with Gasteiger partial charge in [0.2, 0.25) is 0 Å². The topological polar surface area (TPSA) is 15.3 Å². The molecule has 0 aromatic heterocycles. The second kappa shape index (κ2) is 8.19. The Balaban J connectivity index is 2.22. The van der Waals surface area contributed by atoms with Crippen LogP contribution in [0.4, 0.5) is 5.69 Å². The van der Waals surface area contributed by atoms with Crippen LogP contribution < -0.4 is 10.2 Å². The van der Waals surface area contributed by atoms with E-state index in [1.54, 1.807) is 0 Å². The van der Waals surface area contributed by atoms with E-state index in [1.807, 2.05) is 0 Å². The summed E-state index contributed by atoms with van der Waals surface area (Å²) in [7, 11) is 0. The van der Waals surface area contributed by atoms with Gasteiger partial charge in [-0.3, -0.25) is 0 Å². The summed E-state index contributed by atoms with van der Waals surface area (Å²) in [5.74, 6) is 0.919. The predicted octanol–water partition coefficient (Wildman–Crippen LogP) is 5.14. The van der Waals surface area contributed by atoms with Crippen molar-refractivity contribution in [3.8, 4) is 0 Å². The van der Waals surface area contributed by atoms with E-state index in [0.717, 1.165) is 19.0 Å². The van der Waals surface area contributed by atoms with Crippen LogP contribution >= 0.6 is 15.9 Å². The van der Waals surface area contributed by atoms with E-state index in [1.165, 1.54) is 48.0 Å². The zero-order valence-electron chi connectivity index (χ0n) is 13.7. The molecule has 1 unspecified atom stereocenters. The van der Waals surface area contributed by atoms with Crippen LogP contribution in [0.25, 0.3) is 0 Å². The van der Waals surface area contributed by atoms with E-state index < -0.39 is 0 Å². The largest absolute Gasteiger partial charge is 0.371 e. The lowest BCUT2D eigenvalue weighted by Gasteiger charge is -2.29. The highest BCUT2D eigenvalue weighted by molar-refractivity contribution is 9.10. The Hall–Kier alpha value is -0.540. The van der Waals surface area contributed by atoms with Gasteiger partial charge in [0.25, 0.3) is 0 Å². The fourth-order valence-corrected chi connectivity index (χ4v) is 3.17. The highest BCUT2D eigenvalue weighted by Crippen LogP contribution is 2.35. The molecule has 118 valence electrons. The summed E-state index contributed by atoms with van der Waals surface area (Å²) in [5, 5.41) is 3.63. The van der Waals surface area contributed by atoms with Gasteiger partial charge in [-0.2, -0.15) is 0 Å². The fraction of sp³-hybridized carbons (Fsp3) is 0.667. The number of nitrogens with zero attached hydrogens (tertiary/aromatic N) is 1. The summed E-state index contributed by atoms with van der Waals surface area (Å²) in [6, 6.07) is 7.16. The van der Waals surface area contributed by atoms with Crippen molar-refractivity contribution < 1.29 is 0 Å². The molecule has 1 atom stereocenters. The zero-order valence-corrected chi connectivity index (χ0v) is 15.2. The molecule has 0 saturated heterocycles. The standard InChI is InChI=1S/C18H29BrN2/c1-4-10-20-14(3)17-9-8-16(19)12-18(17)21(11-5-2)13-15-6-7-15/h8-9,12,14-15,20H,4-7,10-11,13H2,1-3H3. The molecular weight excluding hydrogens is 324 g/mol. The Morgan fingerprint density at radius 1 is 1.29 bits per heavy atom. The number of rotatable bonds is 9. The van der Waals surface area contributed by atoms with E-state index in [2.05, 4.69) is 65.1 Å². The van der Waals surface area contributed by atoms with Crippen LogP contribution in [-0.2, 0) is 0 Å². The van der Waals surface area contributed by atoms with Gasteiger partial charge >= 0.3 is 0 Å². The summed E-state index contributed by atoms with van der Waals surface area (Å²) in [4.78, 5) is 2.60. The van der Waals surface area contributed by atoms with Crippen LogP contribution in [0.3, 0.4) is 0 Å². The molecular formula is C18H29BrN2. The van der Waals surface area contributed by atoms with Crippen molar-refractivity contribution in [3.63, 3.8) is 0 Å². The summed E-state index contributed by atoms with van der Waals surface area (Å²) >= 11 is 3.65. The van der Waals surface area contributed by atoms with Gasteiger partial charge in [-0.05, 0) is 62.8 Å². The normalized spacial score (nSPS) is 16.0. The average Bonchev–Trinajstić information content (AvgIpc) is 3.28. The molecule has 0 radical (unpaired) electrons. The van der Waals surface area contributed by atoms with Gasteiger partial charge in [-0.1, -0.05) is 35.8 Å². The maximum atomic E-state index is 3.65. The summed E-state index contributed by atoms with van der Waals surface area (Å²) < 4.78 is 1.18. The minimum atomic E-state index is 0.409. The molecule has 3 heteroatoms. The first kappa shape index (κ1) is 16.8. The molecule has 2 nitrogen and oxygen atoms in total. The van der Waals surface area contributed by atoms with Gasteiger partial charge in [-0.25, -0.2) is 0 Å². The first-order valence-electron chi connectivity index (χ1n) is 8.43. The molecule has 2 rings (SSSR count). The quantitative estimate of drug-likeness (QED) is 0.662. The molecule has 0 bridgehead atoms. The minimum Gasteiger partial charge on any atom is -0.371 e. The van der Waals surface area contributed by atoms with Crippen molar-refractivity contribution >= 4 is 21.6 Å². The SMILES string of the molecule is CCCNC(C)c1ccc(Br)cc1N(CCC)CC1CC1. The Morgan fingerprint density at radius 3 is 2.67 bits per heavy atom. The van der Waals surface area contributed by atoms with Crippen LogP contribution in [0, 0.1) is 5.92 Å². The monoisotopic (exact) mass is 352 g/mol. The van der Waals surface area contributed by atoms with Gasteiger partial charge in [-0.15, -0.1) is 0 Å². The molecule has 0 aliphatic heterocycles. The fourth-order valence-electron chi connectivity index (χ4n) is 2.82. The molecule has 21 heavy (non-hydrogen) atoms. The van der Waals surface area contributed by atoms with Crippen molar-refractivity contribution in [1.82, 2.24) is 5.32 Å². The molecule has 1 N–H and O–H groups in total. The van der Waals surface area contributed by atoms with Gasteiger partial charge in [0.1, 0.15) is 0 Å². The highest BCUT2D eigenvalue weighted by Gasteiger charge is 2.25. The molecule has 0 amide bonds. The number of benzene rings is 1. The third-order valence-electron chi connectivity index (χ3n) is 4.17. The second-order valence-electron chi connectivity index (χ2n) is 6.27. The summed E-state index contributed by atoms with van der Waals surface area (Å²) in [5.41, 5.74) is 2.84. The molecule has 0 heterocycles. The highest BCUT2D eigenvalue weighted by atomic mass is 79.9. The number of hydrogen-bond acceptors (Lipinski definition) is 2. The van der Waals surface area contributed by atoms with Crippen molar-refractivity contribution in [2.75, 3.05) is 24.5 Å².